The number of hydrogen-bond acceptors (Lipinski definition) is 10. The summed E-state index contributed by atoms with van der Waals surface area (Å²) in [5.41, 5.74) is 11.7. The summed E-state index contributed by atoms with van der Waals surface area (Å²) in [6.07, 6.45) is 2.46. The zero-order valence-electron chi connectivity index (χ0n) is 52.4. The molecule has 516 valence electrons. The number of aromatic nitrogens is 2. The van der Waals surface area contributed by atoms with E-state index in [1.807, 2.05) is 72.8 Å². The van der Waals surface area contributed by atoms with Crippen LogP contribution < -0.4 is 28.1 Å². The van der Waals surface area contributed by atoms with E-state index in [0.29, 0.717) is 98.7 Å². The number of ether oxygens (including phenoxy) is 9. The number of benzene rings is 8. The molecular weight excluding hydrogens is 1320 g/mol. The van der Waals surface area contributed by atoms with E-state index in [1.165, 1.54) is 54.7 Å². The van der Waals surface area contributed by atoms with Crippen LogP contribution in [-0.4, -0.2) is 91.9 Å². The van der Waals surface area contributed by atoms with Crippen molar-refractivity contribution in [2.24, 2.45) is 14.1 Å². The van der Waals surface area contributed by atoms with Gasteiger partial charge in [0.25, 0.3) is 0 Å². The molecule has 0 N–H and O–H groups in total. The number of hydrogen-bond donors (Lipinski definition) is 0. The standard InChI is InChI=1S/C70H72N2O10.2F6P/c1-71-64-17-7-3-13-60(64)69(61-14-4-8-18-65(61)71)54-26-34-58(35-27-54)80-50-46-76-42-40-74-44-48-78-56-30-21-52(22-31-56)12-11-39-82-68(73)38-25-53-23-32-57(33-24-53)79-49-45-75-41-43-77-47-51-81-59-36-28-55(29-37-59)70-62-15-5-9-19-66(62)72(2)67-20-10-6-16-63(67)70;2*1-7(2,3,4,5)6/h3-10,13-24,26-37H,11-12,25,38-51H2,1-2H3;;/q+2;2*-1. The van der Waals surface area contributed by atoms with Crippen molar-refractivity contribution in [2.45, 2.75) is 25.7 Å². The maximum absolute atomic E-state index is 12.5. The summed E-state index contributed by atoms with van der Waals surface area (Å²) in [5.74, 6) is 2.94. The number of rotatable bonds is 31. The van der Waals surface area contributed by atoms with Crippen molar-refractivity contribution < 1.29 is 107 Å². The molecule has 0 aliphatic heterocycles. The number of esters is 1. The molecule has 0 fully saturated rings. The predicted molar refractivity (Wildman–Crippen MR) is 349 cm³/mol. The quantitative estimate of drug-likeness (QED) is 0.0104. The summed E-state index contributed by atoms with van der Waals surface area (Å²) >= 11 is 0. The zero-order valence-corrected chi connectivity index (χ0v) is 54.2. The fourth-order valence-corrected chi connectivity index (χ4v) is 10.3. The molecule has 0 unspecified atom stereocenters. The van der Waals surface area contributed by atoms with Crippen LogP contribution in [0.2, 0.25) is 0 Å². The number of pyridine rings is 2. The average molecular weight is 1390 g/mol. The number of carbonyl (C=O) groups is 1. The maximum atomic E-state index is 12.5. The molecule has 0 bridgehead atoms. The van der Waals surface area contributed by atoms with Crippen LogP contribution >= 0.6 is 15.6 Å². The monoisotopic (exact) mass is 1390 g/mol. The number of fused-ring (bicyclic) bond motifs is 4. The summed E-state index contributed by atoms with van der Waals surface area (Å²) in [4.78, 5) is 12.5. The minimum atomic E-state index is -10.7. The molecule has 0 spiro atoms. The molecule has 0 saturated carbocycles. The van der Waals surface area contributed by atoms with Crippen LogP contribution in [0.4, 0.5) is 50.4 Å². The Morgan fingerprint density at radius 3 is 0.865 bits per heavy atom. The van der Waals surface area contributed by atoms with E-state index in [2.05, 4.69) is 145 Å². The molecule has 0 aliphatic carbocycles. The van der Waals surface area contributed by atoms with Gasteiger partial charge in [-0.05, 0) is 114 Å². The first-order chi connectivity index (χ1) is 45.4. The van der Waals surface area contributed by atoms with Gasteiger partial charge < -0.3 is 42.6 Å². The van der Waals surface area contributed by atoms with E-state index in [0.717, 1.165) is 58.1 Å². The van der Waals surface area contributed by atoms with Crippen molar-refractivity contribution in [1.29, 1.82) is 0 Å². The molecule has 0 aliphatic rings. The second-order valence-electron chi connectivity index (χ2n) is 21.9. The molecule has 10 rings (SSSR count). The van der Waals surface area contributed by atoms with Gasteiger partial charge in [-0.15, -0.1) is 0 Å². The summed E-state index contributed by atoms with van der Waals surface area (Å²) in [7, 11) is -17.1. The van der Waals surface area contributed by atoms with E-state index in [9.17, 15) is 55.2 Å². The van der Waals surface area contributed by atoms with Crippen molar-refractivity contribution in [3.05, 3.63) is 205 Å². The predicted octanol–water partition coefficient (Wildman–Crippen LogP) is 19.1. The van der Waals surface area contributed by atoms with E-state index >= 15 is 0 Å². The molecule has 10 aromatic rings. The molecule has 0 atom stereocenters. The van der Waals surface area contributed by atoms with Gasteiger partial charge in [-0.25, -0.2) is 0 Å². The number of nitrogens with zero attached hydrogens (tertiary/aromatic N) is 2. The third-order valence-electron chi connectivity index (χ3n) is 14.5. The van der Waals surface area contributed by atoms with Gasteiger partial charge >= 0.3 is 71.9 Å². The minimum absolute atomic E-state index is 0.203. The van der Waals surface area contributed by atoms with Gasteiger partial charge in [0, 0.05) is 41.8 Å². The van der Waals surface area contributed by atoms with Crippen molar-refractivity contribution in [2.75, 3.05) is 85.9 Å². The summed E-state index contributed by atoms with van der Waals surface area (Å²) < 4.78 is 175. The van der Waals surface area contributed by atoms with E-state index in [-0.39, 0.29) is 5.97 Å². The SMILES string of the molecule is C[n+]1c2ccccc2c(-c2ccc(OCCOCCOCCOc3ccc(CCCOC(=O)CCc4ccc(OCCOCCOCCOc5ccc(-c6c7ccccc7[n+](C)c7ccccc67)cc5)cc4)cc3)cc2)c2ccccc21.F[P-](F)(F)(F)(F)F.F[P-](F)(F)(F)(F)F. The third kappa shape index (κ3) is 26.0. The Morgan fingerprint density at radius 2 is 0.573 bits per heavy atom. The normalized spacial score (nSPS) is 13.1. The summed E-state index contributed by atoms with van der Waals surface area (Å²) in [6, 6.07) is 66.5. The molecule has 0 amide bonds. The van der Waals surface area contributed by atoms with Gasteiger partial charge in [-0.1, -0.05) is 97.1 Å². The van der Waals surface area contributed by atoms with Crippen LogP contribution in [0.3, 0.4) is 0 Å². The van der Waals surface area contributed by atoms with E-state index in [4.69, 9.17) is 42.6 Å². The summed E-state index contributed by atoms with van der Waals surface area (Å²) in [5, 5.41) is 4.87. The Kier molecular flexibility index (Phi) is 23.9. The first-order valence-corrected chi connectivity index (χ1v) is 34.5. The fourth-order valence-electron chi connectivity index (χ4n) is 10.3. The van der Waals surface area contributed by atoms with Gasteiger partial charge in [0.15, 0.2) is 0 Å². The zero-order chi connectivity index (χ0) is 69.0. The third-order valence-corrected chi connectivity index (χ3v) is 14.5. The Bertz CT molecular complexity index is 4020. The van der Waals surface area contributed by atoms with Gasteiger partial charge in [0.05, 0.1) is 81.0 Å². The Balaban J connectivity index is 0.000000759. The molecule has 96 heavy (non-hydrogen) atoms. The van der Waals surface area contributed by atoms with Crippen LogP contribution in [0.25, 0.3) is 65.9 Å². The molecule has 2 aromatic heterocycles. The molecule has 2 heterocycles. The second kappa shape index (κ2) is 31.2. The molecule has 0 saturated heterocycles. The Morgan fingerprint density at radius 1 is 0.323 bits per heavy atom. The van der Waals surface area contributed by atoms with Crippen molar-refractivity contribution >= 4 is 65.2 Å². The van der Waals surface area contributed by atoms with Crippen LogP contribution in [0.15, 0.2) is 194 Å². The van der Waals surface area contributed by atoms with Gasteiger partial charge in [-0.2, -0.15) is 9.13 Å². The van der Waals surface area contributed by atoms with Gasteiger partial charge in [0.2, 0.25) is 22.1 Å². The molecule has 26 heteroatoms. The van der Waals surface area contributed by atoms with Gasteiger partial charge in [-0.3, -0.25) is 4.79 Å². The van der Waals surface area contributed by atoms with E-state index in [1.54, 1.807) is 0 Å². The molecule has 0 radical (unpaired) electrons. The molecular formula is C70H72F12N2O10P2. The number of para-hydroxylation sites is 4. The molecule has 12 nitrogen and oxygen atoms in total. The van der Waals surface area contributed by atoms with Crippen molar-refractivity contribution in [3.8, 4) is 45.3 Å². The van der Waals surface area contributed by atoms with E-state index < -0.39 is 15.6 Å². The van der Waals surface area contributed by atoms with Crippen LogP contribution in [-0.2, 0) is 55.4 Å². The van der Waals surface area contributed by atoms with Crippen molar-refractivity contribution in [1.82, 2.24) is 0 Å². The number of carbonyl (C=O) groups excluding carboxylic acids is 1. The van der Waals surface area contributed by atoms with Crippen molar-refractivity contribution in [3.63, 3.8) is 0 Å². The van der Waals surface area contributed by atoms with Crippen LogP contribution in [0.5, 0.6) is 23.0 Å². The number of halogens is 12. The Labute approximate surface area is 546 Å². The van der Waals surface area contributed by atoms with Crippen LogP contribution in [0, 0.1) is 0 Å². The summed E-state index contributed by atoms with van der Waals surface area (Å²) in [6.45, 7) is 5.84. The number of aryl methyl sites for hydroxylation is 4. The first-order valence-electron chi connectivity index (χ1n) is 30.5. The Hall–Kier alpha value is -8.37. The fraction of sp³-hybridized carbons (Fsp3) is 0.271. The topological polar surface area (TPSA) is 108 Å². The van der Waals surface area contributed by atoms with Gasteiger partial charge in [0.1, 0.15) is 63.5 Å². The first kappa shape index (κ1) is 73.4. The average Bonchev–Trinajstić information content (AvgIpc) is 0.851. The molecule has 8 aromatic carbocycles. The second-order valence-corrected chi connectivity index (χ2v) is 25.7. The van der Waals surface area contributed by atoms with Crippen LogP contribution in [0.1, 0.15) is 24.0 Å².